The molecule has 162 valence electrons. The second-order valence-corrected chi connectivity index (χ2v) is 9.40. The Morgan fingerprint density at radius 2 is 1.94 bits per heavy atom. The Morgan fingerprint density at radius 1 is 1.16 bits per heavy atom. The molecular formula is C22H24N4O3S2. The van der Waals surface area contributed by atoms with Crippen molar-refractivity contribution in [1.82, 2.24) is 14.3 Å². The summed E-state index contributed by atoms with van der Waals surface area (Å²) in [7, 11) is 1.78. The van der Waals surface area contributed by atoms with Crippen LogP contribution in [0.4, 0.5) is 5.69 Å². The van der Waals surface area contributed by atoms with Crippen LogP contribution in [0.25, 0.3) is 5.69 Å². The van der Waals surface area contributed by atoms with Crippen LogP contribution in [0.3, 0.4) is 0 Å². The molecule has 2 amide bonds. The van der Waals surface area contributed by atoms with Crippen LogP contribution >= 0.6 is 23.1 Å². The van der Waals surface area contributed by atoms with Crippen molar-refractivity contribution in [1.29, 1.82) is 0 Å². The molecule has 0 radical (unpaired) electrons. The van der Waals surface area contributed by atoms with E-state index in [4.69, 9.17) is 0 Å². The van der Waals surface area contributed by atoms with Gasteiger partial charge in [0.25, 0.3) is 5.56 Å². The Bertz CT molecular complexity index is 1160. The van der Waals surface area contributed by atoms with Gasteiger partial charge in [-0.3, -0.25) is 19.1 Å². The van der Waals surface area contributed by atoms with Gasteiger partial charge in [-0.2, -0.15) is 0 Å². The van der Waals surface area contributed by atoms with E-state index in [0.717, 1.165) is 18.7 Å². The highest BCUT2D eigenvalue weighted by atomic mass is 32.2. The molecule has 1 aromatic carbocycles. The predicted octanol–water partition coefficient (Wildman–Crippen LogP) is 2.80. The average molecular weight is 457 g/mol. The number of nitrogens with zero attached hydrogens (tertiary/aromatic N) is 3. The lowest BCUT2D eigenvalue weighted by atomic mass is 10.1. The van der Waals surface area contributed by atoms with Crippen molar-refractivity contribution >= 4 is 40.6 Å². The number of rotatable bonds is 6. The van der Waals surface area contributed by atoms with E-state index in [9.17, 15) is 14.4 Å². The monoisotopic (exact) mass is 456 g/mol. The predicted molar refractivity (Wildman–Crippen MR) is 125 cm³/mol. The van der Waals surface area contributed by atoms with Crippen LogP contribution in [0.15, 0.2) is 46.6 Å². The number of nitrogens with one attached hydrogen (secondary N) is 1. The number of amides is 2. The summed E-state index contributed by atoms with van der Waals surface area (Å²) in [4.78, 5) is 41.0. The van der Waals surface area contributed by atoms with Gasteiger partial charge in [0.15, 0.2) is 0 Å². The molecular weight excluding hydrogens is 432 g/mol. The fraction of sp³-hybridized carbons (Fsp3) is 0.318. The minimum Gasteiger partial charge on any atom is -0.337 e. The smallest absolute Gasteiger partial charge is 0.295 e. The summed E-state index contributed by atoms with van der Waals surface area (Å²) in [6.45, 7) is 3.16. The summed E-state index contributed by atoms with van der Waals surface area (Å²) in [6.07, 6.45) is 0.894. The number of aromatic nitrogens is 2. The van der Waals surface area contributed by atoms with Gasteiger partial charge in [-0.15, -0.1) is 23.1 Å². The van der Waals surface area contributed by atoms with Gasteiger partial charge in [0.05, 0.1) is 22.9 Å². The number of para-hydroxylation sites is 1. The van der Waals surface area contributed by atoms with E-state index >= 15 is 0 Å². The van der Waals surface area contributed by atoms with Gasteiger partial charge in [0.1, 0.15) is 5.69 Å². The molecule has 0 aliphatic carbocycles. The first kappa shape index (κ1) is 21.5. The van der Waals surface area contributed by atoms with Crippen molar-refractivity contribution in [3.8, 4) is 5.69 Å². The first-order chi connectivity index (χ1) is 15.0. The van der Waals surface area contributed by atoms with Crippen LogP contribution in [0, 0.1) is 6.92 Å². The summed E-state index contributed by atoms with van der Waals surface area (Å²) in [6, 6.07) is 11.4. The molecule has 7 nitrogen and oxygen atoms in total. The number of carbonyl (C=O) groups excluding carboxylic acids is 2. The van der Waals surface area contributed by atoms with Crippen molar-refractivity contribution in [2.45, 2.75) is 19.9 Å². The largest absolute Gasteiger partial charge is 0.337 e. The molecule has 3 aromatic rings. The zero-order valence-corrected chi connectivity index (χ0v) is 19.1. The summed E-state index contributed by atoms with van der Waals surface area (Å²) in [5, 5.41) is 4.80. The quantitative estimate of drug-likeness (QED) is 0.619. The molecule has 9 heteroatoms. The Hall–Kier alpha value is -2.78. The van der Waals surface area contributed by atoms with Gasteiger partial charge in [-0.05, 0) is 42.5 Å². The van der Waals surface area contributed by atoms with E-state index in [0.29, 0.717) is 12.2 Å². The van der Waals surface area contributed by atoms with Crippen LogP contribution in [0.2, 0.25) is 0 Å². The van der Waals surface area contributed by atoms with Crippen LogP contribution in [0.5, 0.6) is 0 Å². The summed E-state index contributed by atoms with van der Waals surface area (Å²) >= 11 is 3.01. The third-order valence-electron chi connectivity index (χ3n) is 5.44. The number of anilines is 1. The molecule has 3 heterocycles. The molecule has 0 unspecified atom stereocenters. The average Bonchev–Trinajstić information content (AvgIpc) is 3.32. The minimum atomic E-state index is -0.289. The maximum Gasteiger partial charge on any atom is 0.295 e. The molecule has 0 atom stereocenters. The molecule has 0 spiro atoms. The topological polar surface area (TPSA) is 76.3 Å². The molecule has 1 aliphatic rings. The zero-order chi connectivity index (χ0) is 22.0. The lowest BCUT2D eigenvalue weighted by Crippen LogP contribution is -2.36. The number of carbonyl (C=O) groups is 2. The number of fused-ring (bicyclic) bond motifs is 1. The van der Waals surface area contributed by atoms with Crippen molar-refractivity contribution in [2.75, 3.05) is 23.4 Å². The van der Waals surface area contributed by atoms with Crippen molar-refractivity contribution < 1.29 is 9.59 Å². The molecule has 0 saturated heterocycles. The lowest BCUT2D eigenvalue weighted by molar-refractivity contribution is -0.129. The fourth-order valence-corrected chi connectivity index (χ4v) is 5.28. The van der Waals surface area contributed by atoms with Gasteiger partial charge in [0, 0.05) is 25.0 Å². The highest BCUT2D eigenvalue weighted by Gasteiger charge is 2.22. The zero-order valence-electron chi connectivity index (χ0n) is 17.5. The normalized spacial score (nSPS) is 13.2. The fourth-order valence-electron chi connectivity index (χ4n) is 3.67. The second kappa shape index (κ2) is 9.15. The van der Waals surface area contributed by atoms with E-state index in [1.54, 1.807) is 30.0 Å². The highest BCUT2D eigenvalue weighted by Crippen LogP contribution is 2.24. The number of hydrogen-bond donors (Lipinski definition) is 1. The molecule has 0 saturated carbocycles. The highest BCUT2D eigenvalue weighted by molar-refractivity contribution is 8.00. The summed E-state index contributed by atoms with van der Waals surface area (Å²) in [5.74, 6) is 0.108. The number of hydrogen-bond acceptors (Lipinski definition) is 5. The van der Waals surface area contributed by atoms with Gasteiger partial charge in [0.2, 0.25) is 11.8 Å². The van der Waals surface area contributed by atoms with Crippen LogP contribution in [-0.2, 0) is 29.6 Å². The number of thioether (sulfide) groups is 1. The minimum absolute atomic E-state index is 0.0389. The standard InChI is InChI=1S/C22H24N4O3S2/c1-15-21(22(29)26(24(15)2)17-6-4-3-5-7-17)23-19(27)13-30-14-20(28)25-10-8-18-16(12-25)9-11-31-18/h3-7,9,11H,8,10,12-14H2,1-2H3,(H,23,27). The van der Waals surface area contributed by atoms with E-state index in [1.165, 1.54) is 26.9 Å². The van der Waals surface area contributed by atoms with Gasteiger partial charge in [-0.1, -0.05) is 18.2 Å². The molecule has 4 rings (SSSR count). The van der Waals surface area contributed by atoms with Crippen LogP contribution in [-0.4, -0.2) is 44.1 Å². The van der Waals surface area contributed by atoms with Gasteiger partial charge in [-0.25, -0.2) is 4.68 Å². The van der Waals surface area contributed by atoms with E-state index in [-0.39, 0.29) is 34.6 Å². The number of benzene rings is 1. The van der Waals surface area contributed by atoms with E-state index < -0.39 is 0 Å². The number of thiophene rings is 1. The molecule has 1 N–H and O–H groups in total. The summed E-state index contributed by atoms with van der Waals surface area (Å²) < 4.78 is 3.25. The molecule has 1 aliphatic heterocycles. The molecule has 0 bridgehead atoms. The first-order valence-corrected chi connectivity index (χ1v) is 12.0. The Balaban J connectivity index is 1.33. The van der Waals surface area contributed by atoms with E-state index in [2.05, 4.69) is 16.8 Å². The molecule has 31 heavy (non-hydrogen) atoms. The first-order valence-electron chi connectivity index (χ1n) is 10.0. The van der Waals surface area contributed by atoms with Gasteiger partial charge < -0.3 is 10.2 Å². The molecule has 0 fully saturated rings. The third kappa shape index (κ3) is 4.47. The maximum absolute atomic E-state index is 12.9. The van der Waals surface area contributed by atoms with Gasteiger partial charge >= 0.3 is 0 Å². The lowest BCUT2D eigenvalue weighted by Gasteiger charge is -2.26. The van der Waals surface area contributed by atoms with Crippen molar-refractivity contribution in [2.24, 2.45) is 7.05 Å². The SMILES string of the molecule is Cc1c(NC(=O)CSCC(=O)N2CCc3sccc3C2)c(=O)n(-c2ccccc2)n1C. The van der Waals surface area contributed by atoms with Crippen LogP contribution in [0.1, 0.15) is 16.1 Å². The third-order valence-corrected chi connectivity index (χ3v) is 7.38. The van der Waals surface area contributed by atoms with Crippen molar-refractivity contribution in [3.63, 3.8) is 0 Å². The Labute approximate surface area is 188 Å². The molecule has 2 aromatic heterocycles. The van der Waals surface area contributed by atoms with E-state index in [1.807, 2.05) is 35.2 Å². The Kier molecular flexibility index (Phi) is 6.33. The summed E-state index contributed by atoms with van der Waals surface area (Å²) in [5.41, 5.74) is 2.61. The van der Waals surface area contributed by atoms with Crippen LogP contribution < -0.4 is 10.9 Å². The second-order valence-electron chi connectivity index (χ2n) is 7.41. The maximum atomic E-state index is 12.9. The Morgan fingerprint density at radius 3 is 2.71 bits per heavy atom. The van der Waals surface area contributed by atoms with Crippen molar-refractivity contribution in [3.05, 3.63) is 68.3 Å².